The van der Waals surface area contributed by atoms with E-state index >= 15 is 0 Å². The minimum absolute atomic E-state index is 0.159. The zero-order valence-electron chi connectivity index (χ0n) is 14.2. The number of hydrogen-bond acceptors (Lipinski definition) is 4. The van der Waals surface area contributed by atoms with Crippen LogP contribution in [-0.2, 0) is 11.2 Å². The highest BCUT2D eigenvalue weighted by molar-refractivity contribution is 5.91. The number of amides is 1. The predicted octanol–water partition coefficient (Wildman–Crippen LogP) is 4.15. The molecule has 0 aliphatic heterocycles. The van der Waals surface area contributed by atoms with Crippen molar-refractivity contribution in [3.63, 3.8) is 0 Å². The van der Waals surface area contributed by atoms with Crippen molar-refractivity contribution >= 4 is 23.1 Å². The van der Waals surface area contributed by atoms with E-state index in [1.54, 1.807) is 37.6 Å². The van der Waals surface area contributed by atoms with Crippen LogP contribution in [0.25, 0.3) is 0 Å². The lowest BCUT2D eigenvalue weighted by atomic mass is 10.1. The number of ether oxygens (including phenoxy) is 1. The number of anilines is 3. The fraction of sp³-hybridized carbons (Fsp3) is 0.100. The maximum atomic E-state index is 13.2. The molecular weight excluding hydrogens is 333 g/mol. The molecule has 0 saturated carbocycles. The van der Waals surface area contributed by atoms with Crippen LogP contribution in [0.4, 0.5) is 21.6 Å². The van der Waals surface area contributed by atoms with Gasteiger partial charge < -0.3 is 15.4 Å². The standard InChI is InChI=1S/C20H18FN3O2/c1-26-18-8-5-14(6-9-18)11-20(25)24-19-10-7-17(13-22-19)23-16-4-2-3-15(21)12-16/h2-10,12-13,23H,11H2,1H3,(H,22,24,25). The third-order valence-electron chi connectivity index (χ3n) is 3.67. The van der Waals surface area contributed by atoms with Crippen molar-refractivity contribution in [1.82, 2.24) is 4.98 Å². The number of methoxy groups -OCH3 is 1. The zero-order valence-corrected chi connectivity index (χ0v) is 14.2. The Kier molecular flexibility index (Phi) is 5.43. The van der Waals surface area contributed by atoms with Gasteiger partial charge in [-0.05, 0) is 48.0 Å². The van der Waals surface area contributed by atoms with Crippen molar-refractivity contribution in [1.29, 1.82) is 0 Å². The van der Waals surface area contributed by atoms with E-state index in [9.17, 15) is 9.18 Å². The number of hydrogen-bond donors (Lipinski definition) is 2. The average molecular weight is 351 g/mol. The van der Waals surface area contributed by atoms with Crippen LogP contribution in [0.2, 0.25) is 0 Å². The Bertz CT molecular complexity index is 880. The smallest absolute Gasteiger partial charge is 0.229 e. The highest BCUT2D eigenvalue weighted by Crippen LogP contribution is 2.18. The summed E-state index contributed by atoms with van der Waals surface area (Å²) in [6.45, 7) is 0. The first-order valence-corrected chi connectivity index (χ1v) is 8.04. The number of pyridine rings is 1. The fourth-order valence-electron chi connectivity index (χ4n) is 2.39. The monoisotopic (exact) mass is 351 g/mol. The molecule has 0 saturated heterocycles. The lowest BCUT2D eigenvalue weighted by molar-refractivity contribution is -0.115. The van der Waals surface area contributed by atoms with Crippen molar-refractivity contribution in [3.05, 3.63) is 78.2 Å². The van der Waals surface area contributed by atoms with Crippen LogP contribution in [-0.4, -0.2) is 18.0 Å². The van der Waals surface area contributed by atoms with E-state index in [1.807, 2.05) is 24.3 Å². The topological polar surface area (TPSA) is 63.2 Å². The summed E-state index contributed by atoms with van der Waals surface area (Å²) in [7, 11) is 1.60. The number of benzene rings is 2. The summed E-state index contributed by atoms with van der Waals surface area (Å²) in [5, 5.41) is 5.80. The maximum absolute atomic E-state index is 13.2. The molecule has 2 aromatic carbocycles. The molecule has 0 aliphatic carbocycles. The number of nitrogens with zero attached hydrogens (tertiary/aromatic N) is 1. The Labute approximate surface area is 150 Å². The normalized spacial score (nSPS) is 10.2. The number of halogens is 1. The van der Waals surface area contributed by atoms with Gasteiger partial charge in [-0.15, -0.1) is 0 Å². The van der Waals surface area contributed by atoms with E-state index in [4.69, 9.17) is 4.74 Å². The van der Waals surface area contributed by atoms with Gasteiger partial charge in [0.1, 0.15) is 17.4 Å². The summed E-state index contributed by atoms with van der Waals surface area (Å²) < 4.78 is 18.3. The van der Waals surface area contributed by atoms with Crippen molar-refractivity contribution < 1.29 is 13.9 Å². The van der Waals surface area contributed by atoms with Gasteiger partial charge in [0, 0.05) is 5.69 Å². The molecule has 3 rings (SSSR count). The third-order valence-corrected chi connectivity index (χ3v) is 3.67. The zero-order chi connectivity index (χ0) is 18.4. The second kappa shape index (κ2) is 8.11. The molecule has 6 heteroatoms. The van der Waals surface area contributed by atoms with Crippen molar-refractivity contribution in [3.8, 4) is 5.75 Å². The summed E-state index contributed by atoms with van der Waals surface area (Å²) in [5.41, 5.74) is 2.21. The van der Waals surface area contributed by atoms with Crippen LogP contribution < -0.4 is 15.4 Å². The number of carbonyl (C=O) groups excluding carboxylic acids is 1. The minimum Gasteiger partial charge on any atom is -0.497 e. The highest BCUT2D eigenvalue weighted by atomic mass is 19.1. The Morgan fingerprint density at radius 1 is 1.08 bits per heavy atom. The molecule has 0 spiro atoms. The summed E-state index contributed by atoms with van der Waals surface area (Å²) in [4.78, 5) is 16.3. The van der Waals surface area contributed by atoms with Gasteiger partial charge in [-0.3, -0.25) is 4.79 Å². The van der Waals surface area contributed by atoms with Crippen molar-refractivity contribution in [2.45, 2.75) is 6.42 Å². The van der Waals surface area contributed by atoms with E-state index in [0.29, 0.717) is 17.2 Å². The number of carbonyl (C=O) groups is 1. The van der Waals surface area contributed by atoms with Crippen molar-refractivity contribution in [2.24, 2.45) is 0 Å². The molecule has 0 aliphatic rings. The molecule has 0 unspecified atom stereocenters. The van der Waals surface area contributed by atoms with E-state index in [2.05, 4.69) is 15.6 Å². The third kappa shape index (κ3) is 4.80. The van der Waals surface area contributed by atoms with Crippen LogP contribution in [0.5, 0.6) is 5.75 Å². The first-order chi connectivity index (χ1) is 12.6. The van der Waals surface area contributed by atoms with Gasteiger partial charge in [0.05, 0.1) is 25.4 Å². The SMILES string of the molecule is COc1ccc(CC(=O)Nc2ccc(Nc3cccc(F)c3)cn2)cc1. The number of aromatic nitrogens is 1. The fourth-order valence-corrected chi connectivity index (χ4v) is 2.39. The summed E-state index contributed by atoms with van der Waals surface area (Å²) in [6, 6.07) is 16.9. The number of rotatable bonds is 6. The highest BCUT2D eigenvalue weighted by Gasteiger charge is 2.06. The summed E-state index contributed by atoms with van der Waals surface area (Å²) >= 11 is 0. The first-order valence-electron chi connectivity index (χ1n) is 8.04. The van der Waals surface area contributed by atoms with Gasteiger partial charge >= 0.3 is 0 Å². The van der Waals surface area contributed by atoms with Gasteiger partial charge in [0.2, 0.25) is 5.91 Å². The average Bonchev–Trinajstić information content (AvgIpc) is 2.64. The quantitative estimate of drug-likeness (QED) is 0.700. The van der Waals surface area contributed by atoms with Gasteiger partial charge in [0.25, 0.3) is 0 Å². The largest absolute Gasteiger partial charge is 0.497 e. The first kappa shape index (κ1) is 17.4. The van der Waals surface area contributed by atoms with Gasteiger partial charge in [0.15, 0.2) is 0 Å². The Balaban J connectivity index is 1.57. The van der Waals surface area contributed by atoms with E-state index < -0.39 is 0 Å². The molecule has 2 N–H and O–H groups in total. The molecule has 5 nitrogen and oxygen atoms in total. The molecule has 26 heavy (non-hydrogen) atoms. The Morgan fingerprint density at radius 3 is 2.54 bits per heavy atom. The van der Waals surface area contributed by atoms with E-state index in [1.165, 1.54) is 12.1 Å². The molecule has 0 bridgehead atoms. The van der Waals surface area contributed by atoms with Crippen LogP contribution in [0.15, 0.2) is 66.9 Å². The molecular formula is C20H18FN3O2. The summed E-state index contributed by atoms with van der Waals surface area (Å²) in [6.07, 6.45) is 1.82. The lowest BCUT2D eigenvalue weighted by Crippen LogP contribution is -2.15. The van der Waals surface area contributed by atoms with Crippen LogP contribution in [0.3, 0.4) is 0 Å². The van der Waals surface area contributed by atoms with Crippen molar-refractivity contribution in [2.75, 3.05) is 17.7 Å². The molecule has 3 aromatic rings. The maximum Gasteiger partial charge on any atom is 0.229 e. The Morgan fingerprint density at radius 2 is 1.88 bits per heavy atom. The predicted molar refractivity (Wildman–Crippen MR) is 99.2 cm³/mol. The van der Waals surface area contributed by atoms with Gasteiger partial charge in [-0.1, -0.05) is 18.2 Å². The second-order valence-corrected chi connectivity index (χ2v) is 5.64. The molecule has 132 valence electrons. The van der Waals surface area contributed by atoms with Gasteiger partial charge in [-0.25, -0.2) is 9.37 Å². The second-order valence-electron chi connectivity index (χ2n) is 5.64. The van der Waals surface area contributed by atoms with Crippen LogP contribution >= 0.6 is 0 Å². The molecule has 1 heterocycles. The molecule has 1 amide bonds. The van der Waals surface area contributed by atoms with Gasteiger partial charge in [-0.2, -0.15) is 0 Å². The van der Waals surface area contributed by atoms with Crippen LogP contribution in [0, 0.1) is 5.82 Å². The Hall–Kier alpha value is -3.41. The van der Waals surface area contributed by atoms with E-state index in [0.717, 1.165) is 11.3 Å². The molecule has 1 aromatic heterocycles. The number of nitrogens with one attached hydrogen (secondary N) is 2. The van der Waals surface area contributed by atoms with Crippen LogP contribution in [0.1, 0.15) is 5.56 Å². The molecule has 0 fully saturated rings. The lowest BCUT2D eigenvalue weighted by Gasteiger charge is -2.08. The van der Waals surface area contributed by atoms with E-state index in [-0.39, 0.29) is 18.1 Å². The molecule has 0 radical (unpaired) electrons. The summed E-state index contributed by atoms with van der Waals surface area (Å²) in [5.74, 6) is 0.726. The minimum atomic E-state index is -0.314. The molecule has 0 atom stereocenters.